The molecule has 1 aromatic heterocycles. The van der Waals surface area contributed by atoms with Gasteiger partial charge >= 0.3 is 5.97 Å². The van der Waals surface area contributed by atoms with Crippen molar-refractivity contribution in [3.05, 3.63) is 126 Å². The van der Waals surface area contributed by atoms with E-state index < -0.39 is 35.4 Å². The molecule has 0 saturated carbocycles. The Kier molecular flexibility index (Phi) is 10.0. The minimum Gasteiger partial charge on any atom is -0.493 e. The number of amides is 2. The number of pyridine rings is 1. The van der Waals surface area contributed by atoms with Crippen LogP contribution in [0.3, 0.4) is 0 Å². The molecule has 0 spiro atoms. The second-order valence-corrected chi connectivity index (χ2v) is 12.3. The molecule has 248 valence electrons. The van der Waals surface area contributed by atoms with Gasteiger partial charge < -0.3 is 14.2 Å². The van der Waals surface area contributed by atoms with Gasteiger partial charge in [0.15, 0.2) is 23.9 Å². The number of imide groups is 1. The van der Waals surface area contributed by atoms with Crippen LogP contribution in [0.5, 0.6) is 11.5 Å². The van der Waals surface area contributed by atoms with Gasteiger partial charge in [0.05, 0.1) is 42.0 Å². The summed E-state index contributed by atoms with van der Waals surface area (Å²) in [5.41, 5.74) is 3.97. The third kappa shape index (κ3) is 6.97. The average Bonchev–Trinajstić information content (AvgIpc) is 3.44. The molecule has 10 nitrogen and oxygen atoms in total. The molecule has 1 aliphatic rings. The van der Waals surface area contributed by atoms with Gasteiger partial charge in [0.1, 0.15) is 11.1 Å². The summed E-state index contributed by atoms with van der Waals surface area (Å²) in [5, 5.41) is 9.77. The van der Waals surface area contributed by atoms with Crippen molar-refractivity contribution in [3.63, 3.8) is 0 Å². The molecule has 1 unspecified atom stereocenters. The largest absolute Gasteiger partial charge is 0.493 e. The predicted octanol–water partition coefficient (Wildman–Crippen LogP) is 6.77. The van der Waals surface area contributed by atoms with Crippen LogP contribution in [0.1, 0.15) is 32.7 Å². The van der Waals surface area contributed by atoms with E-state index in [-0.39, 0.29) is 23.2 Å². The summed E-state index contributed by atoms with van der Waals surface area (Å²) in [5.74, 6) is -1.25. The number of nitrogens with zero attached hydrogens (tertiary/aromatic N) is 3. The van der Waals surface area contributed by atoms with Crippen molar-refractivity contribution < 1.29 is 33.4 Å². The van der Waals surface area contributed by atoms with E-state index in [2.05, 4.69) is 6.07 Å². The molecule has 6 rings (SSSR count). The van der Waals surface area contributed by atoms with E-state index in [0.717, 1.165) is 27.8 Å². The summed E-state index contributed by atoms with van der Waals surface area (Å²) in [6.07, 6.45) is -0.103. The zero-order chi connectivity index (χ0) is 35.2. The van der Waals surface area contributed by atoms with Crippen LogP contribution in [-0.2, 0) is 14.3 Å². The fourth-order valence-corrected chi connectivity index (χ4v) is 6.60. The van der Waals surface area contributed by atoms with Crippen molar-refractivity contribution in [1.82, 2.24) is 4.98 Å². The summed E-state index contributed by atoms with van der Waals surface area (Å²) in [6.45, 7) is -0.506. The Hall–Kier alpha value is -6.25. The lowest BCUT2D eigenvalue weighted by Gasteiger charge is -2.16. The first kappa shape index (κ1) is 33.6. The molecule has 50 heavy (non-hydrogen) atoms. The second-order valence-electron chi connectivity index (χ2n) is 11.1. The average molecular weight is 684 g/mol. The first-order valence-electron chi connectivity index (χ1n) is 15.4. The number of Topliss-reactive ketones (excluding diaryl/α,β-unsaturated/α-hetero) is 1. The van der Waals surface area contributed by atoms with Gasteiger partial charge in [-0.3, -0.25) is 14.4 Å². The molecule has 1 aliphatic heterocycles. The Morgan fingerprint density at radius 3 is 2.12 bits per heavy atom. The summed E-state index contributed by atoms with van der Waals surface area (Å²) in [4.78, 5) is 58.1. The number of carbonyl (C=O) groups is 4. The Balaban J connectivity index is 1.18. The van der Waals surface area contributed by atoms with E-state index in [0.29, 0.717) is 33.3 Å². The van der Waals surface area contributed by atoms with Crippen LogP contribution in [0.2, 0.25) is 0 Å². The number of nitriles is 1. The number of ketones is 1. The Morgan fingerprint density at radius 1 is 0.840 bits per heavy atom. The van der Waals surface area contributed by atoms with E-state index in [1.807, 2.05) is 66.7 Å². The molecule has 1 saturated heterocycles. The standard InChI is InChI=1S/C39H29N3O7S/c1-47-33-18-15-27(19-34(33)48-2)32(43)23-49-39(46)26-13-16-28(17-14-26)42-36(44)21-35(38(42)45)50-37-30(22-40)29(24-9-5-3-6-10-24)20-31(41-37)25-11-7-4-8-12-25/h3-20,35H,21,23H2,1-2H3. The third-order valence-corrected chi connectivity index (χ3v) is 9.18. The van der Waals surface area contributed by atoms with E-state index >= 15 is 0 Å². The lowest BCUT2D eigenvalue weighted by molar-refractivity contribution is -0.121. The first-order valence-corrected chi connectivity index (χ1v) is 16.3. The third-order valence-electron chi connectivity index (χ3n) is 8.01. The number of hydrogen-bond acceptors (Lipinski definition) is 10. The van der Waals surface area contributed by atoms with Gasteiger partial charge in [-0.05, 0) is 54.1 Å². The highest BCUT2D eigenvalue weighted by molar-refractivity contribution is 8.00. The Morgan fingerprint density at radius 2 is 1.48 bits per heavy atom. The first-order chi connectivity index (χ1) is 24.3. The predicted molar refractivity (Wildman–Crippen MR) is 187 cm³/mol. The Labute approximate surface area is 292 Å². The number of esters is 1. The fraction of sp³-hybridized carbons (Fsp3) is 0.128. The van der Waals surface area contributed by atoms with Crippen molar-refractivity contribution in [1.29, 1.82) is 5.26 Å². The van der Waals surface area contributed by atoms with Crippen molar-refractivity contribution in [2.45, 2.75) is 16.7 Å². The van der Waals surface area contributed by atoms with Gasteiger partial charge in [-0.15, -0.1) is 0 Å². The molecule has 5 aromatic rings. The number of aromatic nitrogens is 1. The van der Waals surface area contributed by atoms with E-state index in [9.17, 15) is 24.4 Å². The maximum Gasteiger partial charge on any atom is 0.338 e. The van der Waals surface area contributed by atoms with E-state index in [1.54, 1.807) is 12.1 Å². The molecule has 0 radical (unpaired) electrons. The zero-order valence-electron chi connectivity index (χ0n) is 27.0. The molecule has 0 bridgehead atoms. The molecular formula is C39H29N3O7S. The summed E-state index contributed by atoms with van der Waals surface area (Å²) in [6, 6.07) is 33.5. The van der Waals surface area contributed by atoms with Crippen LogP contribution >= 0.6 is 11.8 Å². The molecule has 1 atom stereocenters. The highest BCUT2D eigenvalue weighted by Gasteiger charge is 2.41. The number of anilines is 1. The number of rotatable bonds is 11. The molecule has 11 heteroatoms. The van der Waals surface area contributed by atoms with E-state index in [4.69, 9.17) is 19.2 Å². The highest BCUT2D eigenvalue weighted by Crippen LogP contribution is 2.39. The van der Waals surface area contributed by atoms with Gasteiger partial charge in [0.2, 0.25) is 11.8 Å². The van der Waals surface area contributed by atoms with Crippen LogP contribution in [0.15, 0.2) is 114 Å². The van der Waals surface area contributed by atoms with Gasteiger partial charge in [-0.2, -0.15) is 5.26 Å². The van der Waals surface area contributed by atoms with Crippen LogP contribution in [-0.4, -0.2) is 54.6 Å². The maximum atomic E-state index is 13.7. The molecule has 2 amide bonds. The van der Waals surface area contributed by atoms with Gasteiger partial charge in [0.25, 0.3) is 0 Å². The molecule has 2 heterocycles. The van der Waals surface area contributed by atoms with Gasteiger partial charge in [-0.1, -0.05) is 72.4 Å². The number of thioether (sulfide) groups is 1. The van der Waals surface area contributed by atoms with Crippen molar-refractivity contribution in [3.8, 4) is 40.0 Å². The normalized spacial score (nSPS) is 13.9. The number of ether oxygens (including phenoxy) is 3. The molecule has 0 N–H and O–H groups in total. The highest BCUT2D eigenvalue weighted by atomic mass is 32.2. The van der Waals surface area contributed by atoms with Crippen molar-refractivity contribution in [2.24, 2.45) is 0 Å². The molecule has 1 fully saturated rings. The lowest BCUT2D eigenvalue weighted by Crippen LogP contribution is -2.31. The van der Waals surface area contributed by atoms with Crippen LogP contribution in [0.25, 0.3) is 22.4 Å². The van der Waals surface area contributed by atoms with Crippen LogP contribution < -0.4 is 14.4 Å². The summed E-state index contributed by atoms with van der Waals surface area (Å²) >= 11 is 1.08. The number of methoxy groups -OCH3 is 2. The smallest absolute Gasteiger partial charge is 0.338 e. The van der Waals surface area contributed by atoms with Crippen molar-refractivity contribution >= 4 is 41.0 Å². The Bertz CT molecular complexity index is 2130. The van der Waals surface area contributed by atoms with Crippen molar-refractivity contribution in [2.75, 3.05) is 25.7 Å². The topological polar surface area (TPSA) is 136 Å². The van der Waals surface area contributed by atoms with Crippen LogP contribution in [0.4, 0.5) is 5.69 Å². The molecule has 4 aromatic carbocycles. The SMILES string of the molecule is COc1ccc(C(=O)COC(=O)c2ccc(N3C(=O)CC(Sc4nc(-c5ccccc5)cc(-c5ccccc5)c4C#N)C3=O)cc2)cc1OC. The second kappa shape index (κ2) is 14.9. The summed E-state index contributed by atoms with van der Waals surface area (Å²) < 4.78 is 15.6. The van der Waals surface area contributed by atoms with Gasteiger partial charge in [0, 0.05) is 23.1 Å². The fourth-order valence-electron chi connectivity index (χ4n) is 5.47. The van der Waals surface area contributed by atoms with Crippen LogP contribution in [0, 0.1) is 11.3 Å². The lowest BCUT2D eigenvalue weighted by atomic mass is 9.99. The molecular weight excluding hydrogens is 655 g/mol. The number of benzene rings is 4. The zero-order valence-corrected chi connectivity index (χ0v) is 27.8. The molecule has 0 aliphatic carbocycles. The number of carbonyl (C=O) groups excluding carboxylic acids is 4. The monoisotopic (exact) mass is 683 g/mol. The summed E-state index contributed by atoms with van der Waals surface area (Å²) in [7, 11) is 2.93. The quantitative estimate of drug-likeness (QED) is 0.0834. The minimum atomic E-state index is -0.830. The van der Waals surface area contributed by atoms with E-state index in [1.165, 1.54) is 44.6 Å². The number of hydrogen-bond donors (Lipinski definition) is 0. The minimum absolute atomic E-state index is 0.103. The maximum absolute atomic E-state index is 13.7. The van der Waals surface area contributed by atoms with Gasteiger partial charge in [-0.25, -0.2) is 14.7 Å².